The number of nitrogens with zero attached hydrogens (tertiary/aromatic N) is 4. The second-order valence-electron chi connectivity index (χ2n) is 6.51. The number of fused-ring (bicyclic) bond motifs is 1. The van der Waals surface area contributed by atoms with Crippen LogP contribution in [0.3, 0.4) is 0 Å². The van der Waals surface area contributed by atoms with Crippen molar-refractivity contribution in [1.29, 1.82) is 0 Å². The summed E-state index contributed by atoms with van der Waals surface area (Å²) < 4.78 is 0. The number of unbranched alkanes of at least 4 members (excludes halogenated alkanes) is 1. The Balaban J connectivity index is 1.46. The number of rotatable bonds is 6. The number of nitrogens with two attached hydrogens (primary N) is 1. The van der Waals surface area contributed by atoms with Crippen LogP contribution in [0.25, 0.3) is 11.0 Å². The molecule has 3 rings (SSSR count). The summed E-state index contributed by atoms with van der Waals surface area (Å²) in [5.74, 6) is 2.18. The van der Waals surface area contributed by atoms with Gasteiger partial charge in [0.1, 0.15) is 18.0 Å². The number of anilines is 2. The van der Waals surface area contributed by atoms with Gasteiger partial charge in [-0.1, -0.05) is 6.92 Å². The van der Waals surface area contributed by atoms with Gasteiger partial charge in [-0.15, -0.1) is 0 Å². The number of piperidine rings is 1. The van der Waals surface area contributed by atoms with Gasteiger partial charge in [-0.25, -0.2) is 15.0 Å². The summed E-state index contributed by atoms with van der Waals surface area (Å²) in [4.78, 5) is 15.3. The van der Waals surface area contributed by atoms with Gasteiger partial charge >= 0.3 is 0 Å². The third-order valence-corrected chi connectivity index (χ3v) is 4.45. The van der Waals surface area contributed by atoms with Gasteiger partial charge in [0.15, 0.2) is 5.65 Å². The quantitative estimate of drug-likeness (QED) is 0.798. The number of hydrogen-bond donors (Lipinski definition) is 2. The Labute approximate surface area is 137 Å². The number of hydrogen-bond acceptors (Lipinski definition) is 6. The summed E-state index contributed by atoms with van der Waals surface area (Å²) in [5, 5.41) is 4.33. The highest BCUT2D eigenvalue weighted by Gasteiger charge is 2.15. The zero-order valence-corrected chi connectivity index (χ0v) is 13.8. The Hall–Kier alpha value is -1.95. The normalized spacial score (nSPS) is 19.1. The molecular formula is C17H26N6. The van der Waals surface area contributed by atoms with Crippen LogP contribution in [0.1, 0.15) is 32.6 Å². The molecular weight excluding hydrogens is 288 g/mol. The first-order chi connectivity index (χ1) is 11.2. The zero-order valence-electron chi connectivity index (χ0n) is 13.8. The van der Waals surface area contributed by atoms with E-state index in [0.29, 0.717) is 11.5 Å². The van der Waals surface area contributed by atoms with E-state index in [1.807, 2.05) is 6.07 Å². The molecule has 3 N–H and O–H groups in total. The van der Waals surface area contributed by atoms with Crippen LogP contribution in [-0.4, -0.2) is 46.0 Å². The first-order valence-corrected chi connectivity index (χ1v) is 8.56. The Morgan fingerprint density at radius 3 is 3.09 bits per heavy atom. The van der Waals surface area contributed by atoms with Crippen LogP contribution >= 0.6 is 0 Å². The van der Waals surface area contributed by atoms with Crippen molar-refractivity contribution in [1.82, 2.24) is 19.9 Å². The van der Waals surface area contributed by atoms with Gasteiger partial charge in [-0.2, -0.15) is 0 Å². The van der Waals surface area contributed by atoms with E-state index in [-0.39, 0.29) is 0 Å². The predicted molar refractivity (Wildman–Crippen MR) is 94.3 cm³/mol. The molecule has 2 aromatic rings. The summed E-state index contributed by atoms with van der Waals surface area (Å²) in [6.07, 6.45) is 6.62. The second-order valence-corrected chi connectivity index (χ2v) is 6.51. The number of aromatic nitrogens is 3. The van der Waals surface area contributed by atoms with E-state index in [2.05, 4.69) is 32.1 Å². The summed E-state index contributed by atoms with van der Waals surface area (Å²) in [5.41, 5.74) is 6.34. The van der Waals surface area contributed by atoms with Gasteiger partial charge in [0.25, 0.3) is 0 Å². The smallest absolute Gasteiger partial charge is 0.166 e. The van der Waals surface area contributed by atoms with E-state index in [4.69, 9.17) is 5.73 Å². The zero-order chi connectivity index (χ0) is 16.1. The molecule has 0 aromatic carbocycles. The van der Waals surface area contributed by atoms with Crippen LogP contribution in [0, 0.1) is 5.92 Å². The number of likely N-dealkylation sites (tertiary alicyclic amines) is 1. The molecule has 0 saturated carbocycles. The molecule has 0 amide bonds. The molecule has 1 unspecified atom stereocenters. The maximum absolute atomic E-state index is 5.70. The lowest BCUT2D eigenvalue weighted by Gasteiger charge is -2.30. The molecule has 1 saturated heterocycles. The maximum Gasteiger partial charge on any atom is 0.166 e. The van der Waals surface area contributed by atoms with Crippen molar-refractivity contribution in [3.05, 3.63) is 18.5 Å². The molecule has 124 valence electrons. The van der Waals surface area contributed by atoms with Crippen molar-refractivity contribution in [2.75, 3.05) is 37.2 Å². The lowest BCUT2D eigenvalue weighted by molar-refractivity contribution is 0.181. The molecule has 6 heteroatoms. The Morgan fingerprint density at radius 2 is 2.22 bits per heavy atom. The minimum absolute atomic E-state index is 0.484. The minimum atomic E-state index is 0.484. The van der Waals surface area contributed by atoms with Gasteiger partial charge in [-0.3, -0.25) is 0 Å². The van der Waals surface area contributed by atoms with Gasteiger partial charge in [0.05, 0.1) is 5.39 Å². The third kappa shape index (κ3) is 4.28. The van der Waals surface area contributed by atoms with Crippen LogP contribution < -0.4 is 11.1 Å². The second kappa shape index (κ2) is 7.55. The average molecular weight is 314 g/mol. The minimum Gasteiger partial charge on any atom is -0.384 e. The first-order valence-electron chi connectivity index (χ1n) is 8.56. The van der Waals surface area contributed by atoms with Crippen LogP contribution in [0.15, 0.2) is 18.5 Å². The lowest BCUT2D eigenvalue weighted by Crippen LogP contribution is -2.35. The van der Waals surface area contributed by atoms with E-state index in [0.717, 1.165) is 30.1 Å². The highest BCUT2D eigenvalue weighted by Crippen LogP contribution is 2.19. The molecule has 3 heterocycles. The highest BCUT2D eigenvalue weighted by atomic mass is 15.1. The summed E-state index contributed by atoms with van der Waals surface area (Å²) in [6.45, 7) is 7.00. The molecule has 0 bridgehead atoms. The molecule has 0 radical (unpaired) electrons. The Kier molecular flexibility index (Phi) is 5.23. The highest BCUT2D eigenvalue weighted by molar-refractivity contribution is 5.86. The molecule has 1 aliphatic heterocycles. The van der Waals surface area contributed by atoms with Crippen LogP contribution in [0.2, 0.25) is 0 Å². The predicted octanol–water partition coefficient (Wildman–Crippen LogP) is 2.53. The monoisotopic (exact) mass is 314 g/mol. The SMILES string of the molecule is CC1CCCN(CCCCNc2ncnc3nc(N)ccc23)C1. The fourth-order valence-corrected chi connectivity index (χ4v) is 3.25. The average Bonchev–Trinajstić information content (AvgIpc) is 2.54. The van der Waals surface area contributed by atoms with Gasteiger partial charge in [-0.05, 0) is 56.8 Å². The van der Waals surface area contributed by atoms with E-state index in [1.165, 1.54) is 45.2 Å². The number of nitrogen functional groups attached to an aromatic ring is 1. The van der Waals surface area contributed by atoms with Crippen molar-refractivity contribution in [3.63, 3.8) is 0 Å². The summed E-state index contributed by atoms with van der Waals surface area (Å²) >= 11 is 0. The molecule has 0 aliphatic carbocycles. The van der Waals surface area contributed by atoms with Gasteiger partial charge in [0.2, 0.25) is 0 Å². The van der Waals surface area contributed by atoms with E-state index < -0.39 is 0 Å². The molecule has 1 atom stereocenters. The molecule has 23 heavy (non-hydrogen) atoms. The third-order valence-electron chi connectivity index (χ3n) is 4.45. The molecule has 1 fully saturated rings. The van der Waals surface area contributed by atoms with Gasteiger partial charge < -0.3 is 16.0 Å². The van der Waals surface area contributed by atoms with E-state index in [9.17, 15) is 0 Å². The van der Waals surface area contributed by atoms with Crippen molar-refractivity contribution in [3.8, 4) is 0 Å². The Morgan fingerprint density at radius 1 is 1.30 bits per heavy atom. The lowest BCUT2D eigenvalue weighted by atomic mass is 10.0. The standard InChI is InChI=1S/C17H26N6/c1-13-5-4-10-23(11-13)9-3-2-8-19-16-14-6-7-15(18)22-17(14)21-12-20-16/h6-7,12-13H,2-5,8-11H2,1H3,(H3,18,19,20,21,22). The fraction of sp³-hybridized carbons (Fsp3) is 0.588. The van der Waals surface area contributed by atoms with Crippen LogP contribution in [0.4, 0.5) is 11.6 Å². The molecule has 2 aromatic heterocycles. The van der Waals surface area contributed by atoms with Crippen LogP contribution in [-0.2, 0) is 0 Å². The molecule has 1 aliphatic rings. The fourth-order valence-electron chi connectivity index (χ4n) is 3.25. The van der Waals surface area contributed by atoms with Crippen molar-refractivity contribution >= 4 is 22.7 Å². The largest absolute Gasteiger partial charge is 0.384 e. The Bertz CT molecular complexity index is 644. The molecule has 6 nitrogen and oxygen atoms in total. The van der Waals surface area contributed by atoms with E-state index in [1.54, 1.807) is 6.07 Å². The van der Waals surface area contributed by atoms with Crippen molar-refractivity contribution in [2.45, 2.75) is 32.6 Å². The summed E-state index contributed by atoms with van der Waals surface area (Å²) in [6, 6.07) is 3.71. The molecule has 0 spiro atoms. The number of pyridine rings is 1. The maximum atomic E-state index is 5.70. The first kappa shape index (κ1) is 15.9. The topological polar surface area (TPSA) is 80.0 Å². The van der Waals surface area contributed by atoms with Crippen molar-refractivity contribution in [2.24, 2.45) is 5.92 Å². The van der Waals surface area contributed by atoms with Gasteiger partial charge in [0, 0.05) is 13.1 Å². The van der Waals surface area contributed by atoms with Crippen molar-refractivity contribution < 1.29 is 0 Å². The van der Waals surface area contributed by atoms with E-state index >= 15 is 0 Å². The number of nitrogens with one attached hydrogen (secondary N) is 1. The summed E-state index contributed by atoms with van der Waals surface area (Å²) in [7, 11) is 0. The van der Waals surface area contributed by atoms with Crippen LogP contribution in [0.5, 0.6) is 0 Å².